The quantitative estimate of drug-likeness (QED) is 0.817. The van der Waals surface area contributed by atoms with Crippen molar-refractivity contribution in [1.29, 1.82) is 0 Å². The summed E-state index contributed by atoms with van der Waals surface area (Å²) in [6, 6.07) is 1.45. The van der Waals surface area contributed by atoms with Gasteiger partial charge in [-0.05, 0) is 57.5 Å². The average Bonchev–Trinajstić information content (AvgIpc) is 2.45. The van der Waals surface area contributed by atoms with Crippen LogP contribution < -0.4 is 5.32 Å². The van der Waals surface area contributed by atoms with E-state index in [2.05, 4.69) is 31.0 Å². The average molecular weight is 266 g/mol. The Morgan fingerprint density at radius 1 is 1.00 bits per heavy atom. The van der Waals surface area contributed by atoms with Gasteiger partial charge < -0.3 is 10.2 Å². The minimum atomic E-state index is 0.631. The molecule has 19 heavy (non-hydrogen) atoms. The predicted octanol–water partition coefficient (Wildman–Crippen LogP) is 3.67. The van der Waals surface area contributed by atoms with Crippen molar-refractivity contribution in [1.82, 2.24) is 10.2 Å². The van der Waals surface area contributed by atoms with Crippen LogP contribution >= 0.6 is 0 Å². The summed E-state index contributed by atoms with van der Waals surface area (Å²) in [5, 5.41) is 3.63. The van der Waals surface area contributed by atoms with E-state index in [-0.39, 0.29) is 0 Å². The highest BCUT2D eigenvalue weighted by Crippen LogP contribution is 2.30. The molecule has 1 N–H and O–H groups in total. The van der Waals surface area contributed by atoms with E-state index in [0.29, 0.717) is 6.04 Å². The Hall–Kier alpha value is -0.0800. The lowest BCUT2D eigenvalue weighted by Gasteiger charge is -2.41. The summed E-state index contributed by atoms with van der Waals surface area (Å²) in [6.07, 6.45) is 10.2. The van der Waals surface area contributed by atoms with Crippen molar-refractivity contribution in [3.05, 3.63) is 0 Å². The fraction of sp³-hybridized carbons (Fsp3) is 1.00. The maximum atomic E-state index is 3.63. The summed E-state index contributed by atoms with van der Waals surface area (Å²) < 4.78 is 0. The molecule has 0 spiro atoms. The van der Waals surface area contributed by atoms with Crippen LogP contribution in [0.1, 0.15) is 65.7 Å². The van der Waals surface area contributed by atoms with Gasteiger partial charge in [0.05, 0.1) is 0 Å². The standard InChI is InChI=1S/C17H34N2/c1-14(2)18-12-16-8-7-11-19(13-16)15(3)17-9-5-4-6-10-17/h14-18H,4-13H2,1-3H3. The monoisotopic (exact) mass is 266 g/mol. The fourth-order valence-corrected chi connectivity index (χ4v) is 3.95. The van der Waals surface area contributed by atoms with Gasteiger partial charge in [0.15, 0.2) is 0 Å². The van der Waals surface area contributed by atoms with Gasteiger partial charge in [0.1, 0.15) is 0 Å². The van der Waals surface area contributed by atoms with Gasteiger partial charge in [0, 0.05) is 18.6 Å². The Morgan fingerprint density at radius 2 is 1.74 bits per heavy atom. The van der Waals surface area contributed by atoms with Crippen LogP contribution in [-0.4, -0.2) is 36.6 Å². The highest BCUT2D eigenvalue weighted by atomic mass is 15.2. The van der Waals surface area contributed by atoms with Gasteiger partial charge in [-0.1, -0.05) is 33.1 Å². The van der Waals surface area contributed by atoms with Crippen LogP contribution in [0.5, 0.6) is 0 Å². The maximum Gasteiger partial charge on any atom is 0.00953 e. The van der Waals surface area contributed by atoms with Crippen LogP contribution in [0, 0.1) is 11.8 Å². The van der Waals surface area contributed by atoms with Crippen LogP contribution in [0.4, 0.5) is 0 Å². The van der Waals surface area contributed by atoms with E-state index < -0.39 is 0 Å². The Bertz CT molecular complexity index is 246. The number of nitrogens with one attached hydrogen (secondary N) is 1. The summed E-state index contributed by atoms with van der Waals surface area (Å²) in [5.74, 6) is 1.85. The van der Waals surface area contributed by atoms with E-state index >= 15 is 0 Å². The third kappa shape index (κ3) is 4.75. The van der Waals surface area contributed by atoms with Crippen molar-refractivity contribution in [2.75, 3.05) is 19.6 Å². The zero-order valence-electron chi connectivity index (χ0n) is 13.3. The highest BCUT2D eigenvalue weighted by Gasteiger charge is 2.28. The molecule has 2 unspecified atom stereocenters. The van der Waals surface area contributed by atoms with Crippen LogP contribution in [-0.2, 0) is 0 Å². The third-order valence-corrected chi connectivity index (χ3v) is 5.27. The van der Waals surface area contributed by atoms with E-state index in [1.807, 2.05) is 0 Å². The van der Waals surface area contributed by atoms with Gasteiger partial charge in [-0.25, -0.2) is 0 Å². The molecule has 0 aromatic carbocycles. The van der Waals surface area contributed by atoms with Crippen LogP contribution in [0.3, 0.4) is 0 Å². The first-order valence-corrected chi connectivity index (χ1v) is 8.64. The molecule has 1 saturated carbocycles. The van der Waals surface area contributed by atoms with Crippen molar-refractivity contribution < 1.29 is 0 Å². The second-order valence-electron chi connectivity index (χ2n) is 7.20. The zero-order valence-corrected chi connectivity index (χ0v) is 13.3. The Morgan fingerprint density at radius 3 is 2.42 bits per heavy atom. The minimum absolute atomic E-state index is 0.631. The van der Waals surface area contributed by atoms with E-state index in [0.717, 1.165) is 17.9 Å². The summed E-state index contributed by atoms with van der Waals surface area (Å²) in [4.78, 5) is 2.80. The van der Waals surface area contributed by atoms with Crippen LogP contribution in [0.15, 0.2) is 0 Å². The Kier molecular flexibility index (Phi) is 6.15. The molecule has 0 aromatic heterocycles. The van der Waals surface area contributed by atoms with Gasteiger partial charge in [-0.3, -0.25) is 0 Å². The zero-order chi connectivity index (χ0) is 13.7. The molecule has 1 aliphatic carbocycles. The minimum Gasteiger partial charge on any atom is -0.314 e. The molecule has 1 aliphatic heterocycles. The highest BCUT2D eigenvalue weighted by molar-refractivity contribution is 4.83. The van der Waals surface area contributed by atoms with Crippen LogP contribution in [0.2, 0.25) is 0 Å². The van der Waals surface area contributed by atoms with Crippen molar-refractivity contribution >= 4 is 0 Å². The van der Waals surface area contributed by atoms with E-state index in [9.17, 15) is 0 Å². The van der Waals surface area contributed by atoms with E-state index in [1.165, 1.54) is 64.6 Å². The van der Waals surface area contributed by atoms with Crippen molar-refractivity contribution in [2.45, 2.75) is 77.8 Å². The lowest BCUT2D eigenvalue weighted by Crippen LogP contribution is -2.47. The van der Waals surface area contributed by atoms with Crippen molar-refractivity contribution in [2.24, 2.45) is 11.8 Å². The normalized spacial score (nSPS) is 28.7. The smallest absolute Gasteiger partial charge is 0.00953 e. The fourth-order valence-electron chi connectivity index (χ4n) is 3.95. The molecule has 0 radical (unpaired) electrons. The molecule has 2 heteroatoms. The second kappa shape index (κ2) is 7.64. The first kappa shape index (κ1) is 15.3. The SMILES string of the molecule is CC(C)NCC1CCCN(C(C)C2CCCCC2)C1. The molecule has 2 atom stereocenters. The summed E-state index contributed by atoms with van der Waals surface area (Å²) in [7, 11) is 0. The summed E-state index contributed by atoms with van der Waals surface area (Å²) in [5.41, 5.74) is 0. The second-order valence-corrected chi connectivity index (χ2v) is 7.20. The predicted molar refractivity (Wildman–Crippen MR) is 83.5 cm³/mol. The number of piperidine rings is 1. The molecule has 0 aromatic rings. The van der Waals surface area contributed by atoms with Crippen LogP contribution in [0.25, 0.3) is 0 Å². The Labute approximate surface area is 120 Å². The number of hydrogen-bond acceptors (Lipinski definition) is 2. The largest absolute Gasteiger partial charge is 0.314 e. The number of hydrogen-bond donors (Lipinski definition) is 1. The summed E-state index contributed by atoms with van der Waals surface area (Å²) in [6.45, 7) is 10.9. The number of likely N-dealkylation sites (tertiary alicyclic amines) is 1. The van der Waals surface area contributed by atoms with Gasteiger partial charge in [0.25, 0.3) is 0 Å². The van der Waals surface area contributed by atoms with Gasteiger partial charge in [0.2, 0.25) is 0 Å². The molecule has 2 fully saturated rings. The van der Waals surface area contributed by atoms with E-state index in [4.69, 9.17) is 0 Å². The third-order valence-electron chi connectivity index (χ3n) is 5.27. The molecule has 2 aliphatic rings. The maximum absolute atomic E-state index is 3.63. The molecule has 2 rings (SSSR count). The molecule has 0 bridgehead atoms. The molecular weight excluding hydrogens is 232 g/mol. The molecule has 1 saturated heterocycles. The molecule has 112 valence electrons. The first-order valence-electron chi connectivity index (χ1n) is 8.64. The molecule has 1 heterocycles. The topological polar surface area (TPSA) is 15.3 Å². The molecular formula is C17H34N2. The molecule has 2 nitrogen and oxygen atoms in total. The van der Waals surface area contributed by atoms with Gasteiger partial charge >= 0.3 is 0 Å². The first-order chi connectivity index (χ1) is 9.16. The lowest BCUT2D eigenvalue weighted by molar-refractivity contribution is 0.0814. The lowest BCUT2D eigenvalue weighted by atomic mass is 9.83. The number of rotatable bonds is 5. The van der Waals surface area contributed by atoms with E-state index in [1.54, 1.807) is 0 Å². The van der Waals surface area contributed by atoms with Crippen molar-refractivity contribution in [3.63, 3.8) is 0 Å². The van der Waals surface area contributed by atoms with Crippen molar-refractivity contribution in [3.8, 4) is 0 Å². The number of nitrogens with zero attached hydrogens (tertiary/aromatic N) is 1. The Balaban J connectivity index is 1.78. The molecule has 0 amide bonds. The van der Waals surface area contributed by atoms with Gasteiger partial charge in [-0.15, -0.1) is 0 Å². The van der Waals surface area contributed by atoms with Gasteiger partial charge in [-0.2, -0.15) is 0 Å². The summed E-state index contributed by atoms with van der Waals surface area (Å²) >= 11 is 0.